The molecule has 0 saturated carbocycles. The van der Waals surface area contributed by atoms with E-state index in [4.69, 9.17) is 10.5 Å². The molecule has 0 radical (unpaired) electrons. The van der Waals surface area contributed by atoms with Crippen molar-refractivity contribution in [3.63, 3.8) is 0 Å². The molecular formula is C12H18BrNO3S. The Morgan fingerprint density at radius 2 is 2.11 bits per heavy atom. The van der Waals surface area contributed by atoms with Crippen LogP contribution in [0.15, 0.2) is 22.7 Å². The molecule has 0 aliphatic heterocycles. The van der Waals surface area contributed by atoms with E-state index >= 15 is 0 Å². The third-order valence-corrected chi connectivity index (χ3v) is 5.01. The molecule has 0 fully saturated rings. The number of hydrogen-bond acceptors (Lipinski definition) is 4. The van der Waals surface area contributed by atoms with Gasteiger partial charge in [0.15, 0.2) is 9.84 Å². The van der Waals surface area contributed by atoms with E-state index in [9.17, 15) is 8.42 Å². The van der Waals surface area contributed by atoms with Gasteiger partial charge in [0, 0.05) is 0 Å². The molecule has 1 rings (SSSR count). The van der Waals surface area contributed by atoms with Gasteiger partial charge in [-0.2, -0.15) is 0 Å². The smallest absolute Gasteiger partial charge is 0.154 e. The fraction of sp³-hybridized carbons (Fsp3) is 0.500. The molecule has 0 aliphatic carbocycles. The number of nitrogens with two attached hydrogens (primary N) is 1. The third-order valence-electron chi connectivity index (χ3n) is 2.54. The highest BCUT2D eigenvalue weighted by Gasteiger charge is 2.16. The van der Waals surface area contributed by atoms with Crippen molar-refractivity contribution in [1.82, 2.24) is 0 Å². The molecule has 0 heterocycles. The highest BCUT2D eigenvalue weighted by atomic mass is 79.9. The van der Waals surface area contributed by atoms with Gasteiger partial charge >= 0.3 is 0 Å². The average Bonchev–Trinajstić information content (AvgIpc) is 2.27. The highest BCUT2D eigenvalue weighted by molar-refractivity contribution is 9.10. The van der Waals surface area contributed by atoms with Crippen molar-refractivity contribution in [3.8, 4) is 5.75 Å². The number of rotatable bonds is 6. The quantitative estimate of drug-likeness (QED) is 0.862. The van der Waals surface area contributed by atoms with Crippen LogP contribution in [-0.4, -0.2) is 27.8 Å². The SMILES string of the molecule is COc1ccc(CS(=O)(=O)CC(C)CN)cc1Br. The van der Waals surface area contributed by atoms with Crippen molar-refractivity contribution in [2.75, 3.05) is 19.4 Å². The fourth-order valence-corrected chi connectivity index (χ4v) is 4.01. The summed E-state index contributed by atoms with van der Waals surface area (Å²) in [4.78, 5) is 0. The van der Waals surface area contributed by atoms with Crippen molar-refractivity contribution in [2.45, 2.75) is 12.7 Å². The standard InChI is InChI=1S/C12H18BrNO3S/c1-9(6-14)7-18(15,16)8-10-3-4-12(17-2)11(13)5-10/h3-5,9H,6-8,14H2,1-2H3. The molecule has 6 heteroatoms. The minimum Gasteiger partial charge on any atom is -0.496 e. The number of methoxy groups -OCH3 is 1. The first-order chi connectivity index (χ1) is 8.38. The van der Waals surface area contributed by atoms with Gasteiger partial charge in [-0.05, 0) is 46.1 Å². The summed E-state index contributed by atoms with van der Waals surface area (Å²) in [7, 11) is -1.56. The predicted molar refractivity (Wildman–Crippen MR) is 76.4 cm³/mol. The Labute approximate surface area is 117 Å². The van der Waals surface area contributed by atoms with Crippen LogP contribution in [0.5, 0.6) is 5.75 Å². The normalized spacial score (nSPS) is 13.3. The van der Waals surface area contributed by atoms with Crippen molar-refractivity contribution in [3.05, 3.63) is 28.2 Å². The lowest BCUT2D eigenvalue weighted by Crippen LogP contribution is -2.22. The minimum atomic E-state index is -3.12. The third kappa shape index (κ3) is 4.59. The summed E-state index contributed by atoms with van der Waals surface area (Å²) in [6.45, 7) is 2.22. The first kappa shape index (κ1) is 15.5. The molecule has 1 aromatic rings. The van der Waals surface area contributed by atoms with E-state index < -0.39 is 9.84 Å². The van der Waals surface area contributed by atoms with Crippen LogP contribution in [0.4, 0.5) is 0 Å². The summed E-state index contributed by atoms with van der Waals surface area (Å²) in [5.74, 6) is 0.816. The maximum atomic E-state index is 11.9. The van der Waals surface area contributed by atoms with Crippen molar-refractivity contribution >= 4 is 25.8 Å². The molecule has 0 amide bonds. The predicted octanol–water partition coefficient (Wildman–Crippen LogP) is 1.97. The maximum Gasteiger partial charge on any atom is 0.154 e. The zero-order valence-electron chi connectivity index (χ0n) is 10.5. The molecule has 0 spiro atoms. The van der Waals surface area contributed by atoms with Gasteiger partial charge in [0.25, 0.3) is 0 Å². The second kappa shape index (κ2) is 6.54. The zero-order chi connectivity index (χ0) is 13.8. The van der Waals surface area contributed by atoms with Crippen LogP contribution in [0, 0.1) is 5.92 Å². The van der Waals surface area contributed by atoms with E-state index in [0.717, 1.165) is 10.0 Å². The highest BCUT2D eigenvalue weighted by Crippen LogP contribution is 2.26. The molecule has 2 N–H and O–H groups in total. The Balaban J connectivity index is 2.81. The number of hydrogen-bond donors (Lipinski definition) is 1. The Morgan fingerprint density at radius 1 is 1.44 bits per heavy atom. The van der Waals surface area contributed by atoms with Crippen LogP contribution in [0.2, 0.25) is 0 Å². The van der Waals surface area contributed by atoms with Crippen LogP contribution < -0.4 is 10.5 Å². The van der Waals surface area contributed by atoms with E-state index in [2.05, 4.69) is 15.9 Å². The molecule has 4 nitrogen and oxygen atoms in total. The Bertz CT molecular complexity index is 502. The lowest BCUT2D eigenvalue weighted by atomic mass is 10.2. The summed E-state index contributed by atoms with van der Waals surface area (Å²) in [6.07, 6.45) is 0. The van der Waals surface area contributed by atoms with Gasteiger partial charge in [-0.3, -0.25) is 0 Å². The summed E-state index contributed by atoms with van der Waals surface area (Å²) in [5, 5.41) is 0. The van der Waals surface area contributed by atoms with E-state index in [0.29, 0.717) is 12.3 Å². The van der Waals surface area contributed by atoms with Gasteiger partial charge in [-0.15, -0.1) is 0 Å². The molecule has 0 aromatic heterocycles. The largest absolute Gasteiger partial charge is 0.496 e. The Hall–Kier alpha value is -0.590. The summed E-state index contributed by atoms with van der Waals surface area (Å²) in [5.41, 5.74) is 6.19. The van der Waals surface area contributed by atoms with Gasteiger partial charge in [-0.25, -0.2) is 8.42 Å². The lowest BCUT2D eigenvalue weighted by molar-refractivity contribution is 0.412. The van der Waals surface area contributed by atoms with Gasteiger partial charge < -0.3 is 10.5 Å². The first-order valence-corrected chi connectivity index (χ1v) is 8.22. The van der Waals surface area contributed by atoms with Gasteiger partial charge in [0.1, 0.15) is 5.75 Å². The lowest BCUT2D eigenvalue weighted by Gasteiger charge is -2.10. The monoisotopic (exact) mass is 335 g/mol. The topological polar surface area (TPSA) is 69.4 Å². The Morgan fingerprint density at radius 3 is 2.61 bits per heavy atom. The summed E-state index contributed by atoms with van der Waals surface area (Å²) < 4.78 is 29.7. The molecule has 0 bridgehead atoms. The molecule has 1 aromatic carbocycles. The molecule has 18 heavy (non-hydrogen) atoms. The van der Waals surface area contributed by atoms with Gasteiger partial charge in [0.2, 0.25) is 0 Å². The molecule has 1 atom stereocenters. The number of halogens is 1. The van der Waals surface area contributed by atoms with Crippen LogP contribution in [0.3, 0.4) is 0 Å². The van der Waals surface area contributed by atoms with Gasteiger partial charge in [0.05, 0.1) is 23.1 Å². The Kier molecular flexibility index (Phi) is 5.62. The second-order valence-corrected chi connectivity index (χ2v) is 7.33. The van der Waals surface area contributed by atoms with Crippen LogP contribution in [0.1, 0.15) is 12.5 Å². The molecule has 1 unspecified atom stereocenters. The van der Waals surface area contributed by atoms with Crippen molar-refractivity contribution in [2.24, 2.45) is 11.7 Å². The van der Waals surface area contributed by atoms with E-state index in [1.54, 1.807) is 25.3 Å². The van der Waals surface area contributed by atoms with E-state index in [1.807, 2.05) is 6.92 Å². The molecule has 0 aliphatic rings. The fourth-order valence-electron chi connectivity index (χ4n) is 1.61. The summed E-state index contributed by atoms with van der Waals surface area (Å²) >= 11 is 3.34. The van der Waals surface area contributed by atoms with Crippen LogP contribution in [0.25, 0.3) is 0 Å². The van der Waals surface area contributed by atoms with Gasteiger partial charge in [-0.1, -0.05) is 13.0 Å². The number of ether oxygens (including phenoxy) is 1. The van der Waals surface area contributed by atoms with Crippen LogP contribution >= 0.6 is 15.9 Å². The summed E-state index contributed by atoms with van der Waals surface area (Å²) in [6, 6.07) is 5.28. The number of benzene rings is 1. The molecular weight excluding hydrogens is 318 g/mol. The molecule has 0 saturated heterocycles. The zero-order valence-corrected chi connectivity index (χ0v) is 12.9. The molecule has 102 valence electrons. The van der Waals surface area contributed by atoms with Crippen molar-refractivity contribution < 1.29 is 13.2 Å². The van der Waals surface area contributed by atoms with Crippen molar-refractivity contribution in [1.29, 1.82) is 0 Å². The average molecular weight is 336 g/mol. The second-order valence-electron chi connectivity index (χ2n) is 4.36. The van der Waals surface area contributed by atoms with Crippen LogP contribution in [-0.2, 0) is 15.6 Å². The maximum absolute atomic E-state index is 11.9. The first-order valence-electron chi connectivity index (χ1n) is 5.61. The minimum absolute atomic E-state index is 0.0170. The number of sulfone groups is 1. The van der Waals surface area contributed by atoms with E-state index in [-0.39, 0.29) is 17.4 Å². The van der Waals surface area contributed by atoms with E-state index in [1.165, 1.54) is 0 Å².